The summed E-state index contributed by atoms with van der Waals surface area (Å²) in [7, 11) is 0. The monoisotopic (exact) mass is 301 g/mol. The highest BCUT2D eigenvalue weighted by Gasteiger charge is 2.07. The van der Waals surface area contributed by atoms with Gasteiger partial charge in [0.25, 0.3) is 5.91 Å². The number of carbonyl (C=O) groups is 1. The Morgan fingerprint density at radius 2 is 1.86 bits per heavy atom. The average Bonchev–Trinajstić information content (AvgIpc) is 2.49. The van der Waals surface area contributed by atoms with E-state index in [9.17, 15) is 9.18 Å². The third kappa shape index (κ3) is 4.40. The summed E-state index contributed by atoms with van der Waals surface area (Å²) in [5, 5.41) is 2.69. The van der Waals surface area contributed by atoms with Crippen LogP contribution >= 0.6 is 0 Å². The van der Waals surface area contributed by atoms with Crippen molar-refractivity contribution in [3.8, 4) is 0 Å². The number of ether oxygens (including phenoxy) is 1. The van der Waals surface area contributed by atoms with Gasteiger partial charge in [0.1, 0.15) is 5.82 Å². The molecule has 1 amide bonds. The van der Waals surface area contributed by atoms with Crippen LogP contribution < -0.4 is 5.32 Å². The van der Waals surface area contributed by atoms with Crippen LogP contribution in [0.1, 0.15) is 35.3 Å². The molecule has 3 nitrogen and oxygen atoms in total. The molecule has 0 unspecified atom stereocenters. The van der Waals surface area contributed by atoms with Gasteiger partial charge in [-0.25, -0.2) is 4.39 Å². The molecule has 0 aromatic heterocycles. The molecule has 0 saturated carbocycles. The standard InChI is InChI=1S/C18H20FNO2/c1-12(2)22-11-14-5-7-15(8-6-14)18(21)20-16-9-4-13(3)17(19)10-16/h4-10,12H,11H2,1-3H3,(H,20,21). The van der Waals surface area contributed by atoms with E-state index in [4.69, 9.17) is 4.74 Å². The molecule has 0 saturated heterocycles. The molecule has 0 spiro atoms. The molecule has 0 atom stereocenters. The number of nitrogens with one attached hydrogen (secondary N) is 1. The van der Waals surface area contributed by atoms with Gasteiger partial charge in [0.15, 0.2) is 0 Å². The van der Waals surface area contributed by atoms with E-state index >= 15 is 0 Å². The van der Waals surface area contributed by atoms with Crippen molar-refractivity contribution in [2.45, 2.75) is 33.5 Å². The normalized spacial score (nSPS) is 10.8. The quantitative estimate of drug-likeness (QED) is 0.893. The summed E-state index contributed by atoms with van der Waals surface area (Å²) >= 11 is 0. The smallest absolute Gasteiger partial charge is 0.255 e. The van der Waals surface area contributed by atoms with Gasteiger partial charge < -0.3 is 10.1 Å². The molecule has 0 aliphatic carbocycles. The van der Waals surface area contributed by atoms with Crippen LogP contribution in [-0.2, 0) is 11.3 Å². The van der Waals surface area contributed by atoms with E-state index in [1.807, 2.05) is 26.0 Å². The van der Waals surface area contributed by atoms with Crippen LogP contribution in [0, 0.1) is 12.7 Å². The number of anilines is 1. The summed E-state index contributed by atoms with van der Waals surface area (Å²) in [6.45, 7) is 6.15. The Bertz CT molecular complexity index is 651. The lowest BCUT2D eigenvalue weighted by Gasteiger charge is -2.09. The van der Waals surface area contributed by atoms with Crippen LogP contribution in [0.2, 0.25) is 0 Å². The number of rotatable bonds is 5. The van der Waals surface area contributed by atoms with Crippen molar-refractivity contribution in [3.05, 3.63) is 65.0 Å². The highest BCUT2D eigenvalue weighted by Crippen LogP contribution is 2.15. The second-order valence-electron chi connectivity index (χ2n) is 5.47. The second-order valence-corrected chi connectivity index (χ2v) is 5.47. The molecule has 116 valence electrons. The number of aryl methyl sites for hydroxylation is 1. The molecule has 2 aromatic carbocycles. The summed E-state index contributed by atoms with van der Waals surface area (Å²) in [5.41, 5.74) is 2.52. The number of amides is 1. The summed E-state index contributed by atoms with van der Waals surface area (Å²) in [5.74, 6) is -0.599. The molecule has 0 heterocycles. The Morgan fingerprint density at radius 1 is 1.18 bits per heavy atom. The van der Waals surface area contributed by atoms with Crippen molar-refractivity contribution in [2.24, 2.45) is 0 Å². The van der Waals surface area contributed by atoms with Gasteiger partial charge in [0.2, 0.25) is 0 Å². The Morgan fingerprint density at radius 3 is 2.45 bits per heavy atom. The minimum Gasteiger partial charge on any atom is -0.374 e. The SMILES string of the molecule is Cc1ccc(NC(=O)c2ccc(COC(C)C)cc2)cc1F. The fourth-order valence-corrected chi connectivity index (χ4v) is 1.89. The van der Waals surface area contributed by atoms with Crippen LogP contribution in [0.3, 0.4) is 0 Å². The van der Waals surface area contributed by atoms with Gasteiger partial charge in [0, 0.05) is 11.3 Å². The summed E-state index contributed by atoms with van der Waals surface area (Å²) in [6.07, 6.45) is 0.166. The summed E-state index contributed by atoms with van der Waals surface area (Å²) in [4.78, 5) is 12.1. The average molecular weight is 301 g/mol. The van der Waals surface area contributed by atoms with Gasteiger partial charge >= 0.3 is 0 Å². The predicted octanol–water partition coefficient (Wildman–Crippen LogP) is 4.31. The Hall–Kier alpha value is -2.20. The number of benzene rings is 2. The first-order valence-electron chi connectivity index (χ1n) is 7.24. The van der Waals surface area contributed by atoms with Crippen molar-refractivity contribution in [2.75, 3.05) is 5.32 Å². The van der Waals surface area contributed by atoms with E-state index in [1.54, 1.807) is 31.2 Å². The minimum absolute atomic E-state index is 0.166. The summed E-state index contributed by atoms with van der Waals surface area (Å²) in [6, 6.07) is 11.8. The van der Waals surface area contributed by atoms with Crippen molar-refractivity contribution in [1.29, 1.82) is 0 Å². The van der Waals surface area contributed by atoms with Crippen LogP contribution in [0.5, 0.6) is 0 Å². The molecule has 4 heteroatoms. The number of hydrogen-bond donors (Lipinski definition) is 1. The van der Waals surface area contributed by atoms with Gasteiger partial charge in [-0.15, -0.1) is 0 Å². The van der Waals surface area contributed by atoms with Crippen LogP contribution in [-0.4, -0.2) is 12.0 Å². The van der Waals surface area contributed by atoms with Gasteiger partial charge in [-0.1, -0.05) is 18.2 Å². The number of halogens is 1. The van der Waals surface area contributed by atoms with Crippen molar-refractivity contribution in [3.63, 3.8) is 0 Å². The third-order valence-corrected chi connectivity index (χ3v) is 3.23. The molecular formula is C18H20FNO2. The predicted molar refractivity (Wildman–Crippen MR) is 85.5 cm³/mol. The molecule has 1 N–H and O–H groups in total. The molecule has 2 rings (SSSR count). The fraction of sp³-hybridized carbons (Fsp3) is 0.278. The Kier molecular flexibility index (Phi) is 5.28. The maximum atomic E-state index is 13.5. The lowest BCUT2D eigenvalue weighted by Crippen LogP contribution is -2.12. The lowest BCUT2D eigenvalue weighted by atomic mass is 10.1. The second kappa shape index (κ2) is 7.18. The number of hydrogen-bond acceptors (Lipinski definition) is 2. The molecule has 2 aromatic rings. The molecule has 0 aliphatic rings. The highest BCUT2D eigenvalue weighted by molar-refractivity contribution is 6.04. The zero-order valence-electron chi connectivity index (χ0n) is 13.0. The zero-order chi connectivity index (χ0) is 16.1. The molecule has 22 heavy (non-hydrogen) atoms. The largest absolute Gasteiger partial charge is 0.374 e. The lowest BCUT2D eigenvalue weighted by molar-refractivity contribution is 0.0657. The molecule has 0 fully saturated rings. The van der Waals surface area contributed by atoms with Gasteiger partial charge in [-0.2, -0.15) is 0 Å². The van der Waals surface area contributed by atoms with Gasteiger partial charge in [-0.3, -0.25) is 4.79 Å². The van der Waals surface area contributed by atoms with E-state index in [-0.39, 0.29) is 17.8 Å². The van der Waals surface area contributed by atoms with Gasteiger partial charge in [-0.05, 0) is 56.2 Å². The maximum absolute atomic E-state index is 13.5. The highest BCUT2D eigenvalue weighted by atomic mass is 19.1. The first-order valence-corrected chi connectivity index (χ1v) is 7.24. The first kappa shape index (κ1) is 16.2. The Balaban J connectivity index is 2.01. The van der Waals surface area contributed by atoms with Crippen molar-refractivity contribution >= 4 is 11.6 Å². The van der Waals surface area contributed by atoms with E-state index in [0.29, 0.717) is 23.4 Å². The number of carbonyl (C=O) groups excluding carboxylic acids is 1. The molecule has 0 aliphatic heterocycles. The van der Waals surface area contributed by atoms with Crippen LogP contribution in [0.4, 0.5) is 10.1 Å². The third-order valence-electron chi connectivity index (χ3n) is 3.23. The van der Waals surface area contributed by atoms with E-state index < -0.39 is 0 Å². The Labute approximate surface area is 130 Å². The fourth-order valence-electron chi connectivity index (χ4n) is 1.89. The molecule has 0 bridgehead atoms. The molecular weight excluding hydrogens is 281 g/mol. The van der Waals surface area contributed by atoms with Gasteiger partial charge in [0.05, 0.1) is 12.7 Å². The van der Waals surface area contributed by atoms with Crippen LogP contribution in [0.25, 0.3) is 0 Å². The maximum Gasteiger partial charge on any atom is 0.255 e. The van der Waals surface area contributed by atoms with E-state index in [0.717, 1.165) is 5.56 Å². The van der Waals surface area contributed by atoms with E-state index in [1.165, 1.54) is 6.07 Å². The van der Waals surface area contributed by atoms with Crippen molar-refractivity contribution < 1.29 is 13.9 Å². The summed E-state index contributed by atoms with van der Waals surface area (Å²) < 4.78 is 19.0. The van der Waals surface area contributed by atoms with Crippen molar-refractivity contribution in [1.82, 2.24) is 0 Å². The van der Waals surface area contributed by atoms with Crippen LogP contribution in [0.15, 0.2) is 42.5 Å². The first-order chi connectivity index (χ1) is 10.5. The van der Waals surface area contributed by atoms with E-state index in [2.05, 4.69) is 5.32 Å². The zero-order valence-corrected chi connectivity index (χ0v) is 13.0. The molecule has 0 radical (unpaired) electrons. The minimum atomic E-state index is -0.334. The topological polar surface area (TPSA) is 38.3 Å².